The van der Waals surface area contributed by atoms with Crippen molar-refractivity contribution in [2.45, 2.75) is 47.0 Å². The predicted molar refractivity (Wildman–Crippen MR) is 110 cm³/mol. The maximum absolute atomic E-state index is 12.9. The summed E-state index contributed by atoms with van der Waals surface area (Å²) >= 11 is 0. The van der Waals surface area contributed by atoms with Crippen LogP contribution in [0.4, 0.5) is 11.4 Å². The first-order valence-electron chi connectivity index (χ1n) is 9.73. The minimum Gasteiger partial charge on any atom is -0.325 e. The number of benzene rings is 2. The SMILES string of the molecule is CCc1cccc(CC)c1NC(=O)C1CC(=O)N(c2ccc(C)c(C)c2)C1. The Morgan fingerprint density at radius 2 is 1.74 bits per heavy atom. The Hall–Kier alpha value is -2.62. The highest BCUT2D eigenvalue weighted by molar-refractivity contribution is 6.04. The van der Waals surface area contributed by atoms with Gasteiger partial charge in [-0.05, 0) is 61.1 Å². The summed E-state index contributed by atoms with van der Waals surface area (Å²) in [6, 6.07) is 12.1. The van der Waals surface area contributed by atoms with Gasteiger partial charge in [0.05, 0.1) is 5.92 Å². The van der Waals surface area contributed by atoms with E-state index in [1.54, 1.807) is 4.90 Å². The molecule has 3 rings (SSSR count). The highest BCUT2D eigenvalue weighted by Gasteiger charge is 2.35. The van der Waals surface area contributed by atoms with Crippen molar-refractivity contribution in [3.8, 4) is 0 Å². The lowest BCUT2D eigenvalue weighted by Crippen LogP contribution is -2.28. The summed E-state index contributed by atoms with van der Waals surface area (Å²) in [5.74, 6) is -0.378. The van der Waals surface area contributed by atoms with E-state index in [1.165, 1.54) is 5.56 Å². The summed E-state index contributed by atoms with van der Waals surface area (Å²) in [6.07, 6.45) is 1.98. The van der Waals surface area contributed by atoms with Crippen LogP contribution in [0.15, 0.2) is 36.4 Å². The molecule has 0 aliphatic carbocycles. The first kappa shape index (κ1) is 19.2. The molecule has 1 aliphatic heterocycles. The molecule has 0 aromatic heterocycles. The van der Waals surface area contributed by atoms with E-state index < -0.39 is 0 Å². The molecule has 1 N–H and O–H groups in total. The molecule has 1 fully saturated rings. The molecule has 1 heterocycles. The second kappa shape index (κ2) is 7.95. The van der Waals surface area contributed by atoms with E-state index in [2.05, 4.69) is 38.2 Å². The van der Waals surface area contributed by atoms with Crippen LogP contribution in [0.5, 0.6) is 0 Å². The van der Waals surface area contributed by atoms with Gasteiger partial charge in [0.2, 0.25) is 11.8 Å². The highest BCUT2D eigenvalue weighted by atomic mass is 16.2. The van der Waals surface area contributed by atoms with E-state index >= 15 is 0 Å². The molecule has 27 heavy (non-hydrogen) atoms. The topological polar surface area (TPSA) is 49.4 Å². The van der Waals surface area contributed by atoms with Gasteiger partial charge in [-0.15, -0.1) is 0 Å². The lowest BCUT2D eigenvalue weighted by molar-refractivity contribution is -0.122. The minimum atomic E-state index is -0.325. The summed E-state index contributed by atoms with van der Waals surface area (Å²) in [6.45, 7) is 8.70. The van der Waals surface area contributed by atoms with Crippen molar-refractivity contribution in [1.29, 1.82) is 0 Å². The molecule has 0 bridgehead atoms. The van der Waals surface area contributed by atoms with Crippen molar-refractivity contribution >= 4 is 23.2 Å². The Morgan fingerprint density at radius 3 is 2.33 bits per heavy atom. The van der Waals surface area contributed by atoms with Crippen LogP contribution >= 0.6 is 0 Å². The van der Waals surface area contributed by atoms with Crippen LogP contribution in [-0.4, -0.2) is 18.4 Å². The van der Waals surface area contributed by atoms with Gasteiger partial charge in [0, 0.05) is 24.3 Å². The molecule has 1 saturated heterocycles. The summed E-state index contributed by atoms with van der Waals surface area (Å²) in [7, 11) is 0. The fourth-order valence-electron chi connectivity index (χ4n) is 3.65. The second-order valence-electron chi connectivity index (χ2n) is 7.32. The maximum Gasteiger partial charge on any atom is 0.229 e. The van der Waals surface area contributed by atoms with Gasteiger partial charge in [0.15, 0.2) is 0 Å². The van der Waals surface area contributed by atoms with Gasteiger partial charge < -0.3 is 10.2 Å². The van der Waals surface area contributed by atoms with Crippen molar-refractivity contribution in [2.24, 2.45) is 5.92 Å². The number of nitrogens with zero attached hydrogens (tertiary/aromatic N) is 1. The van der Waals surface area contributed by atoms with E-state index in [9.17, 15) is 9.59 Å². The average Bonchev–Trinajstić information content (AvgIpc) is 3.06. The first-order valence-corrected chi connectivity index (χ1v) is 9.73. The molecule has 2 aromatic rings. The summed E-state index contributed by atoms with van der Waals surface area (Å²) in [5.41, 5.74) is 6.42. The quantitative estimate of drug-likeness (QED) is 0.854. The van der Waals surface area contributed by atoms with Crippen molar-refractivity contribution < 1.29 is 9.59 Å². The number of rotatable bonds is 5. The van der Waals surface area contributed by atoms with Crippen molar-refractivity contribution in [1.82, 2.24) is 0 Å². The molecule has 0 saturated carbocycles. The number of carbonyl (C=O) groups excluding carboxylic acids is 2. The molecule has 2 amide bonds. The van der Waals surface area contributed by atoms with Gasteiger partial charge in [-0.25, -0.2) is 0 Å². The van der Waals surface area contributed by atoms with Gasteiger partial charge >= 0.3 is 0 Å². The number of para-hydroxylation sites is 1. The number of nitrogens with one attached hydrogen (secondary N) is 1. The zero-order valence-corrected chi connectivity index (χ0v) is 16.6. The third-order valence-corrected chi connectivity index (χ3v) is 5.55. The summed E-state index contributed by atoms with van der Waals surface area (Å²) in [5, 5.41) is 3.12. The van der Waals surface area contributed by atoms with E-state index in [4.69, 9.17) is 0 Å². The van der Waals surface area contributed by atoms with Gasteiger partial charge in [-0.2, -0.15) is 0 Å². The second-order valence-corrected chi connectivity index (χ2v) is 7.32. The van der Waals surface area contributed by atoms with Gasteiger partial charge in [-0.1, -0.05) is 38.1 Å². The number of hydrogen-bond acceptors (Lipinski definition) is 2. The van der Waals surface area contributed by atoms with Crippen LogP contribution < -0.4 is 10.2 Å². The van der Waals surface area contributed by atoms with Crippen LogP contribution in [0.3, 0.4) is 0 Å². The predicted octanol–water partition coefficient (Wildman–Crippen LogP) is 4.42. The minimum absolute atomic E-state index is 0.0119. The smallest absolute Gasteiger partial charge is 0.229 e. The number of anilines is 2. The third kappa shape index (κ3) is 3.90. The molecule has 4 nitrogen and oxygen atoms in total. The van der Waals surface area contributed by atoms with Gasteiger partial charge in [0.25, 0.3) is 0 Å². The molecular formula is C23H28N2O2. The zero-order chi connectivity index (χ0) is 19.6. The monoisotopic (exact) mass is 364 g/mol. The Bertz CT molecular complexity index is 850. The van der Waals surface area contributed by atoms with E-state index in [-0.39, 0.29) is 24.2 Å². The fraction of sp³-hybridized carbons (Fsp3) is 0.391. The third-order valence-electron chi connectivity index (χ3n) is 5.55. The van der Waals surface area contributed by atoms with E-state index in [0.717, 1.165) is 40.9 Å². The molecule has 1 unspecified atom stereocenters. The first-order chi connectivity index (χ1) is 12.9. The normalized spacial score (nSPS) is 16.7. The van der Waals surface area contributed by atoms with Gasteiger partial charge in [-0.3, -0.25) is 9.59 Å². The largest absolute Gasteiger partial charge is 0.325 e. The zero-order valence-electron chi connectivity index (χ0n) is 16.6. The van der Waals surface area contributed by atoms with Crippen LogP contribution in [-0.2, 0) is 22.4 Å². The summed E-state index contributed by atoms with van der Waals surface area (Å²) in [4.78, 5) is 27.2. The van der Waals surface area contributed by atoms with Crippen LogP contribution in [0.1, 0.15) is 42.5 Å². The molecule has 4 heteroatoms. The Labute approximate surface area is 161 Å². The van der Waals surface area contributed by atoms with E-state index in [1.807, 2.05) is 31.2 Å². The molecule has 1 atom stereocenters. The fourth-order valence-corrected chi connectivity index (χ4v) is 3.65. The van der Waals surface area contributed by atoms with Crippen LogP contribution in [0.25, 0.3) is 0 Å². The Kier molecular flexibility index (Phi) is 5.64. The standard InChI is InChI=1S/C23H28N2O2/c1-5-17-8-7-9-18(6-2)22(17)24-23(27)19-13-21(26)25(14-19)20-11-10-15(3)16(4)12-20/h7-12,19H,5-6,13-14H2,1-4H3,(H,24,27). The molecule has 0 spiro atoms. The number of carbonyl (C=O) groups is 2. The molecular weight excluding hydrogens is 336 g/mol. The van der Waals surface area contributed by atoms with Crippen molar-refractivity contribution in [3.05, 3.63) is 58.7 Å². The molecule has 142 valence electrons. The number of hydrogen-bond donors (Lipinski definition) is 1. The Balaban J connectivity index is 1.78. The van der Waals surface area contributed by atoms with Crippen molar-refractivity contribution in [3.63, 3.8) is 0 Å². The van der Waals surface area contributed by atoms with Crippen LogP contribution in [0, 0.1) is 19.8 Å². The summed E-state index contributed by atoms with van der Waals surface area (Å²) < 4.78 is 0. The highest BCUT2D eigenvalue weighted by Crippen LogP contribution is 2.29. The van der Waals surface area contributed by atoms with Crippen molar-refractivity contribution in [2.75, 3.05) is 16.8 Å². The van der Waals surface area contributed by atoms with Gasteiger partial charge in [0.1, 0.15) is 0 Å². The van der Waals surface area contributed by atoms with E-state index in [0.29, 0.717) is 6.54 Å². The molecule has 0 radical (unpaired) electrons. The Morgan fingerprint density at radius 1 is 1.07 bits per heavy atom. The molecule has 1 aliphatic rings. The lowest BCUT2D eigenvalue weighted by atomic mass is 10.0. The number of amides is 2. The maximum atomic E-state index is 12.9. The van der Waals surface area contributed by atoms with Crippen LogP contribution in [0.2, 0.25) is 0 Å². The lowest BCUT2D eigenvalue weighted by Gasteiger charge is -2.19. The average molecular weight is 364 g/mol. The molecule has 2 aromatic carbocycles. The number of aryl methyl sites for hydroxylation is 4.